The molecule has 19 heavy (non-hydrogen) atoms. The number of hydrogen-bond acceptors (Lipinski definition) is 3. The first-order valence-corrected chi connectivity index (χ1v) is 7.00. The van der Waals surface area contributed by atoms with Crippen LogP contribution in [0.2, 0.25) is 0 Å². The molecule has 1 aromatic heterocycles. The summed E-state index contributed by atoms with van der Waals surface area (Å²) in [6, 6.07) is 1.03. The minimum atomic E-state index is -4.20. The van der Waals surface area contributed by atoms with Gasteiger partial charge in [0, 0.05) is 0 Å². The molecule has 3 N–H and O–H groups in total. The molecule has 3 atom stereocenters. The largest absolute Gasteiger partial charge is 0.466 e. The molecule has 0 aromatic carbocycles. The van der Waals surface area contributed by atoms with Crippen LogP contribution in [0.25, 0.3) is 0 Å². The Labute approximate surface area is 117 Å². The third-order valence-electron chi connectivity index (χ3n) is 3.77. The van der Waals surface area contributed by atoms with E-state index >= 15 is 0 Å². The van der Waals surface area contributed by atoms with E-state index in [2.05, 4.69) is 21.4 Å². The maximum Gasteiger partial charge on any atom is 0.392 e. The first-order valence-electron chi connectivity index (χ1n) is 6.21. The minimum absolute atomic E-state index is 0.157. The van der Waals surface area contributed by atoms with Crippen LogP contribution < -0.4 is 11.3 Å². The van der Waals surface area contributed by atoms with E-state index in [9.17, 15) is 13.2 Å². The smallest absolute Gasteiger partial charge is 0.392 e. The van der Waals surface area contributed by atoms with Gasteiger partial charge in [0.25, 0.3) is 0 Å². The lowest BCUT2D eigenvalue weighted by Crippen LogP contribution is -2.42. The maximum absolute atomic E-state index is 13.1. The Morgan fingerprint density at radius 2 is 2.05 bits per heavy atom. The number of halogens is 4. The van der Waals surface area contributed by atoms with E-state index in [1.54, 1.807) is 6.07 Å². The molecule has 3 nitrogen and oxygen atoms in total. The van der Waals surface area contributed by atoms with E-state index in [1.807, 2.05) is 0 Å². The van der Waals surface area contributed by atoms with Gasteiger partial charge in [-0.25, -0.2) is 5.43 Å². The van der Waals surface area contributed by atoms with Crippen LogP contribution in [0, 0.1) is 11.8 Å². The van der Waals surface area contributed by atoms with E-state index in [4.69, 9.17) is 10.3 Å². The highest BCUT2D eigenvalue weighted by atomic mass is 79.9. The standard InChI is InChI=1S/C12H16BrF3N2O/c13-9-5-6-19-11(9)10(18-17)7-3-1-2-4-8(7)12(14,15)16/h5-8,10,18H,1-4,17H2. The first-order chi connectivity index (χ1) is 8.95. The van der Waals surface area contributed by atoms with Gasteiger partial charge in [-0.15, -0.1) is 0 Å². The van der Waals surface area contributed by atoms with Crippen molar-refractivity contribution in [2.24, 2.45) is 17.7 Å². The predicted molar refractivity (Wildman–Crippen MR) is 68.0 cm³/mol. The van der Waals surface area contributed by atoms with Crippen molar-refractivity contribution < 1.29 is 17.6 Å². The summed E-state index contributed by atoms with van der Waals surface area (Å²) in [6.07, 6.45) is -0.712. The van der Waals surface area contributed by atoms with Crippen molar-refractivity contribution in [3.05, 3.63) is 22.6 Å². The summed E-state index contributed by atoms with van der Waals surface area (Å²) in [7, 11) is 0. The Morgan fingerprint density at radius 1 is 1.37 bits per heavy atom. The highest BCUT2D eigenvalue weighted by Gasteiger charge is 2.48. The summed E-state index contributed by atoms with van der Waals surface area (Å²) in [6.45, 7) is 0. The minimum Gasteiger partial charge on any atom is -0.466 e. The molecule has 2 rings (SSSR count). The van der Waals surface area contributed by atoms with Gasteiger partial charge in [-0.3, -0.25) is 5.84 Å². The summed E-state index contributed by atoms with van der Waals surface area (Å²) in [4.78, 5) is 0. The number of rotatable bonds is 3. The maximum atomic E-state index is 13.1. The fraction of sp³-hybridized carbons (Fsp3) is 0.667. The highest BCUT2D eigenvalue weighted by molar-refractivity contribution is 9.10. The van der Waals surface area contributed by atoms with E-state index in [0.717, 1.165) is 6.42 Å². The second kappa shape index (κ2) is 5.85. The molecular weight excluding hydrogens is 325 g/mol. The molecule has 108 valence electrons. The lowest BCUT2D eigenvalue weighted by molar-refractivity contribution is -0.200. The summed E-state index contributed by atoms with van der Waals surface area (Å²) in [5.74, 6) is 3.97. The normalized spacial score (nSPS) is 26.4. The molecule has 1 heterocycles. The van der Waals surface area contributed by atoms with Crippen LogP contribution in [-0.4, -0.2) is 6.18 Å². The van der Waals surface area contributed by atoms with Gasteiger partial charge < -0.3 is 4.42 Å². The molecule has 3 unspecified atom stereocenters. The Kier molecular flexibility index (Phi) is 4.58. The molecule has 1 fully saturated rings. The van der Waals surface area contributed by atoms with E-state index in [0.29, 0.717) is 23.1 Å². The van der Waals surface area contributed by atoms with Crippen LogP contribution in [0.15, 0.2) is 21.2 Å². The van der Waals surface area contributed by atoms with Gasteiger partial charge in [0.1, 0.15) is 5.76 Å². The van der Waals surface area contributed by atoms with Crippen LogP contribution in [-0.2, 0) is 0 Å². The molecule has 1 aliphatic rings. The van der Waals surface area contributed by atoms with Crippen LogP contribution >= 0.6 is 15.9 Å². The Hall–Kier alpha value is -0.530. The second-order valence-corrected chi connectivity index (χ2v) is 5.73. The molecule has 0 aliphatic heterocycles. The molecule has 0 bridgehead atoms. The van der Waals surface area contributed by atoms with Crippen LogP contribution in [0.1, 0.15) is 37.5 Å². The molecule has 0 radical (unpaired) electrons. The number of nitrogens with one attached hydrogen (secondary N) is 1. The number of alkyl halides is 3. The summed E-state index contributed by atoms with van der Waals surface area (Å²) in [5, 5.41) is 0. The lowest BCUT2D eigenvalue weighted by atomic mass is 9.74. The summed E-state index contributed by atoms with van der Waals surface area (Å²) >= 11 is 3.27. The third-order valence-corrected chi connectivity index (χ3v) is 4.43. The second-order valence-electron chi connectivity index (χ2n) is 4.87. The molecule has 0 amide bonds. The average Bonchev–Trinajstić information content (AvgIpc) is 2.76. The van der Waals surface area contributed by atoms with E-state index < -0.39 is 24.1 Å². The van der Waals surface area contributed by atoms with Gasteiger partial charge in [-0.2, -0.15) is 13.2 Å². The average molecular weight is 341 g/mol. The fourth-order valence-electron chi connectivity index (χ4n) is 2.89. The van der Waals surface area contributed by atoms with E-state index in [1.165, 1.54) is 6.26 Å². The predicted octanol–water partition coefficient (Wildman–Crippen LogP) is 3.92. The van der Waals surface area contributed by atoms with Gasteiger partial charge in [-0.1, -0.05) is 12.8 Å². The summed E-state index contributed by atoms with van der Waals surface area (Å²) in [5.41, 5.74) is 2.49. The van der Waals surface area contributed by atoms with Crippen LogP contribution in [0.4, 0.5) is 13.2 Å². The van der Waals surface area contributed by atoms with Crippen molar-refractivity contribution in [3.63, 3.8) is 0 Å². The topological polar surface area (TPSA) is 51.2 Å². The Morgan fingerprint density at radius 3 is 2.58 bits per heavy atom. The number of hydrazine groups is 1. The zero-order chi connectivity index (χ0) is 14.0. The molecular formula is C12H16BrF3N2O. The summed E-state index contributed by atoms with van der Waals surface area (Å²) < 4.78 is 45.3. The van der Waals surface area contributed by atoms with Crippen LogP contribution in [0.3, 0.4) is 0 Å². The van der Waals surface area contributed by atoms with Gasteiger partial charge >= 0.3 is 6.18 Å². The molecule has 1 aromatic rings. The fourth-order valence-corrected chi connectivity index (χ4v) is 3.33. The third kappa shape index (κ3) is 3.14. The SMILES string of the molecule is NNC(c1occc1Br)C1CCCCC1C(F)(F)F. The van der Waals surface area contributed by atoms with Crippen molar-refractivity contribution >= 4 is 15.9 Å². The number of nitrogens with two attached hydrogens (primary N) is 1. The lowest BCUT2D eigenvalue weighted by Gasteiger charge is -2.37. The Balaban J connectivity index is 2.27. The number of hydrogen-bond donors (Lipinski definition) is 2. The van der Waals surface area contributed by atoms with Gasteiger partial charge in [0.15, 0.2) is 0 Å². The van der Waals surface area contributed by atoms with Crippen LogP contribution in [0.5, 0.6) is 0 Å². The quantitative estimate of drug-likeness (QED) is 0.647. The Bertz CT molecular complexity index is 421. The van der Waals surface area contributed by atoms with Crippen molar-refractivity contribution in [2.75, 3.05) is 0 Å². The number of furan rings is 1. The molecule has 1 aliphatic carbocycles. The first kappa shape index (κ1) is 14.9. The zero-order valence-corrected chi connectivity index (χ0v) is 11.8. The monoisotopic (exact) mass is 340 g/mol. The molecule has 0 spiro atoms. The molecule has 7 heteroatoms. The van der Waals surface area contributed by atoms with Crippen molar-refractivity contribution in [3.8, 4) is 0 Å². The van der Waals surface area contributed by atoms with Crippen molar-refractivity contribution in [2.45, 2.75) is 37.9 Å². The van der Waals surface area contributed by atoms with Gasteiger partial charge in [-0.05, 0) is 40.8 Å². The van der Waals surface area contributed by atoms with E-state index in [-0.39, 0.29) is 6.42 Å². The zero-order valence-electron chi connectivity index (χ0n) is 10.2. The molecule has 0 saturated heterocycles. The van der Waals surface area contributed by atoms with Gasteiger partial charge in [0.2, 0.25) is 0 Å². The van der Waals surface area contributed by atoms with Gasteiger partial charge in [0.05, 0.1) is 22.7 Å². The van der Waals surface area contributed by atoms with Crippen molar-refractivity contribution in [1.82, 2.24) is 5.43 Å². The van der Waals surface area contributed by atoms with Crippen molar-refractivity contribution in [1.29, 1.82) is 0 Å². The molecule has 1 saturated carbocycles. The highest BCUT2D eigenvalue weighted by Crippen LogP contribution is 2.47.